The van der Waals surface area contributed by atoms with Crippen LogP contribution in [0.1, 0.15) is 33.1 Å². The van der Waals surface area contributed by atoms with Crippen LogP contribution < -0.4 is 4.74 Å². The number of likely N-dealkylation sites (tertiary alicyclic amines) is 1. The zero-order valence-electron chi connectivity index (χ0n) is 12.1. The molecule has 0 N–H and O–H groups in total. The fourth-order valence-electron chi connectivity index (χ4n) is 2.43. The van der Waals surface area contributed by atoms with Gasteiger partial charge in [0.1, 0.15) is 5.75 Å². The molecule has 1 fully saturated rings. The zero-order chi connectivity index (χ0) is 14.5. The van der Waals surface area contributed by atoms with Crippen molar-refractivity contribution in [2.75, 3.05) is 13.1 Å². The molecule has 3 nitrogen and oxygen atoms in total. The van der Waals surface area contributed by atoms with Crippen molar-refractivity contribution >= 4 is 17.5 Å². The van der Waals surface area contributed by atoms with Crippen molar-refractivity contribution < 1.29 is 9.53 Å². The summed E-state index contributed by atoms with van der Waals surface area (Å²) in [6.07, 6.45) is 2.36. The van der Waals surface area contributed by atoms with Crippen LogP contribution in [-0.2, 0) is 4.79 Å². The lowest BCUT2D eigenvalue weighted by Gasteiger charge is -2.32. The molecule has 20 heavy (non-hydrogen) atoms. The van der Waals surface area contributed by atoms with E-state index in [1.54, 1.807) is 12.1 Å². The first-order valence-corrected chi connectivity index (χ1v) is 7.69. The number of amides is 1. The highest BCUT2D eigenvalue weighted by molar-refractivity contribution is 6.32. The minimum atomic E-state index is -0.441. The number of carbonyl (C=O) groups excluding carboxylic acids is 1. The number of piperidine rings is 1. The van der Waals surface area contributed by atoms with Crippen LogP contribution in [0.4, 0.5) is 0 Å². The molecule has 1 aromatic rings. The highest BCUT2D eigenvalue weighted by Gasteiger charge is 2.27. The Labute approximate surface area is 125 Å². The van der Waals surface area contributed by atoms with Crippen LogP contribution in [0.2, 0.25) is 5.02 Å². The number of rotatable bonds is 4. The van der Waals surface area contributed by atoms with Crippen LogP contribution in [-0.4, -0.2) is 30.0 Å². The van der Waals surface area contributed by atoms with Gasteiger partial charge >= 0.3 is 0 Å². The molecule has 110 valence electrons. The summed E-state index contributed by atoms with van der Waals surface area (Å²) in [4.78, 5) is 14.4. The molecule has 2 rings (SSSR count). The Balaban J connectivity index is 2.01. The number of para-hydroxylation sites is 1. The fourth-order valence-corrected chi connectivity index (χ4v) is 2.61. The van der Waals surface area contributed by atoms with Gasteiger partial charge in [-0.05, 0) is 37.3 Å². The molecule has 0 spiro atoms. The van der Waals surface area contributed by atoms with Gasteiger partial charge in [0.05, 0.1) is 5.02 Å². The maximum atomic E-state index is 12.5. The topological polar surface area (TPSA) is 29.5 Å². The molecule has 1 aliphatic heterocycles. The lowest BCUT2D eigenvalue weighted by Crippen LogP contribution is -2.45. The number of ether oxygens (including phenoxy) is 1. The Morgan fingerprint density at radius 3 is 2.65 bits per heavy atom. The van der Waals surface area contributed by atoms with E-state index in [-0.39, 0.29) is 5.91 Å². The summed E-state index contributed by atoms with van der Waals surface area (Å²) in [6.45, 7) is 5.87. The van der Waals surface area contributed by atoms with Crippen molar-refractivity contribution in [3.05, 3.63) is 29.3 Å². The van der Waals surface area contributed by atoms with Crippen LogP contribution in [0.3, 0.4) is 0 Å². The first-order chi connectivity index (χ1) is 9.61. The molecule has 1 saturated heterocycles. The molecule has 1 aliphatic rings. The monoisotopic (exact) mass is 295 g/mol. The van der Waals surface area contributed by atoms with Crippen molar-refractivity contribution in [3.63, 3.8) is 0 Å². The summed E-state index contributed by atoms with van der Waals surface area (Å²) in [5.74, 6) is 1.38. The number of carbonyl (C=O) groups is 1. The van der Waals surface area contributed by atoms with E-state index in [1.807, 2.05) is 24.0 Å². The van der Waals surface area contributed by atoms with Gasteiger partial charge in [-0.3, -0.25) is 4.79 Å². The van der Waals surface area contributed by atoms with E-state index >= 15 is 0 Å². The normalized spacial score (nSPS) is 17.9. The van der Waals surface area contributed by atoms with E-state index in [9.17, 15) is 4.79 Å². The zero-order valence-corrected chi connectivity index (χ0v) is 12.9. The molecule has 1 amide bonds. The van der Waals surface area contributed by atoms with Crippen LogP contribution in [0.5, 0.6) is 5.75 Å². The number of halogens is 1. The van der Waals surface area contributed by atoms with E-state index in [0.717, 1.165) is 25.9 Å². The average Bonchev–Trinajstić information content (AvgIpc) is 2.46. The van der Waals surface area contributed by atoms with Crippen LogP contribution in [0, 0.1) is 5.92 Å². The first kappa shape index (κ1) is 15.2. The standard InChI is InChI=1S/C16H22ClNO2/c1-3-14(20-15-7-5-4-6-13(15)17)16(19)18-10-8-12(2)9-11-18/h4-7,12,14H,3,8-11H2,1-2H3/t14-/m0/s1. The number of hydrogen-bond acceptors (Lipinski definition) is 2. The van der Waals surface area contributed by atoms with E-state index in [4.69, 9.17) is 16.3 Å². The molecule has 0 aromatic heterocycles. The molecule has 1 aromatic carbocycles. The highest BCUT2D eigenvalue weighted by Crippen LogP contribution is 2.26. The van der Waals surface area contributed by atoms with Gasteiger partial charge < -0.3 is 9.64 Å². The van der Waals surface area contributed by atoms with Crippen molar-refractivity contribution in [2.45, 2.75) is 39.2 Å². The molecule has 0 aliphatic carbocycles. The second-order valence-electron chi connectivity index (χ2n) is 5.45. The summed E-state index contributed by atoms with van der Waals surface area (Å²) in [7, 11) is 0. The van der Waals surface area contributed by atoms with Crippen LogP contribution in [0.15, 0.2) is 24.3 Å². The maximum Gasteiger partial charge on any atom is 0.263 e. The fraction of sp³-hybridized carbons (Fsp3) is 0.562. The molecule has 1 atom stereocenters. The quantitative estimate of drug-likeness (QED) is 0.846. The third kappa shape index (κ3) is 3.66. The van der Waals surface area contributed by atoms with E-state index in [0.29, 0.717) is 23.1 Å². The summed E-state index contributed by atoms with van der Waals surface area (Å²) in [5, 5.41) is 0.547. The molecule has 1 heterocycles. The SMILES string of the molecule is CC[C@H](Oc1ccccc1Cl)C(=O)N1CCC(C)CC1. The van der Waals surface area contributed by atoms with Gasteiger partial charge in [-0.1, -0.05) is 37.6 Å². The first-order valence-electron chi connectivity index (χ1n) is 7.31. The molecule has 0 unspecified atom stereocenters. The lowest BCUT2D eigenvalue weighted by atomic mass is 9.99. The Hall–Kier alpha value is -1.22. The largest absolute Gasteiger partial charge is 0.479 e. The van der Waals surface area contributed by atoms with Crippen LogP contribution >= 0.6 is 11.6 Å². The summed E-state index contributed by atoms with van der Waals surface area (Å²) in [6, 6.07) is 7.29. The van der Waals surface area contributed by atoms with E-state index in [1.165, 1.54) is 0 Å². The van der Waals surface area contributed by atoms with Gasteiger partial charge in [0.2, 0.25) is 0 Å². The van der Waals surface area contributed by atoms with Crippen molar-refractivity contribution in [2.24, 2.45) is 5.92 Å². The maximum absolute atomic E-state index is 12.5. The smallest absolute Gasteiger partial charge is 0.263 e. The highest BCUT2D eigenvalue weighted by atomic mass is 35.5. The van der Waals surface area contributed by atoms with Gasteiger partial charge in [-0.2, -0.15) is 0 Å². The van der Waals surface area contributed by atoms with E-state index in [2.05, 4.69) is 6.92 Å². The van der Waals surface area contributed by atoms with Gasteiger partial charge in [0.15, 0.2) is 6.10 Å². The second-order valence-corrected chi connectivity index (χ2v) is 5.86. The Morgan fingerprint density at radius 2 is 2.05 bits per heavy atom. The summed E-state index contributed by atoms with van der Waals surface area (Å²) < 4.78 is 5.81. The Bertz CT molecular complexity index is 456. The summed E-state index contributed by atoms with van der Waals surface area (Å²) >= 11 is 6.08. The van der Waals surface area contributed by atoms with Crippen molar-refractivity contribution in [3.8, 4) is 5.75 Å². The number of hydrogen-bond donors (Lipinski definition) is 0. The number of nitrogens with zero attached hydrogens (tertiary/aromatic N) is 1. The molecule has 0 radical (unpaired) electrons. The Kier molecular flexibility index (Phi) is 5.30. The second kappa shape index (κ2) is 6.98. The average molecular weight is 296 g/mol. The predicted molar refractivity (Wildman–Crippen MR) is 81.1 cm³/mol. The molecule has 4 heteroatoms. The number of benzene rings is 1. The lowest BCUT2D eigenvalue weighted by molar-refractivity contribution is -0.140. The third-order valence-electron chi connectivity index (χ3n) is 3.85. The third-order valence-corrected chi connectivity index (χ3v) is 4.16. The minimum absolute atomic E-state index is 0.0827. The molecular weight excluding hydrogens is 274 g/mol. The van der Waals surface area contributed by atoms with E-state index < -0.39 is 6.10 Å². The van der Waals surface area contributed by atoms with Crippen molar-refractivity contribution in [1.82, 2.24) is 4.90 Å². The van der Waals surface area contributed by atoms with Crippen molar-refractivity contribution in [1.29, 1.82) is 0 Å². The summed E-state index contributed by atoms with van der Waals surface area (Å²) in [5.41, 5.74) is 0. The molecule has 0 saturated carbocycles. The van der Waals surface area contributed by atoms with Gasteiger partial charge in [0.25, 0.3) is 5.91 Å². The van der Waals surface area contributed by atoms with Gasteiger partial charge in [0, 0.05) is 13.1 Å². The predicted octanol–water partition coefficient (Wildman–Crippen LogP) is 3.76. The molecular formula is C16H22ClNO2. The van der Waals surface area contributed by atoms with Gasteiger partial charge in [-0.15, -0.1) is 0 Å². The molecule has 0 bridgehead atoms. The van der Waals surface area contributed by atoms with Crippen LogP contribution in [0.25, 0.3) is 0 Å². The minimum Gasteiger partial charge on any atom is -0.479 e. The Morgan fingerprint density at radius 1 is 1.40 bits per heavy atom. The van der Waals surface area contributed by atoms with Gasteiger partial charge in [-0.25, -0.2) is 0 Å².